The van der Waals surface area contributed by atoms with Crippen molar-refractivity contribution < 1.29 is 14.3 Å². The van der Waals surface area contributed by atoms with Gasteiger partial charge in [-0.1, -0.05) is 0 Å². The van der Waals surface area contributed by atoms with Crippen LogP contribution in [0.1, 0.15) is 29.8 Å². The maximum absolute atomic E-state index is 12.1. The molecular weight excluding hydrogens is 268 g/mol. The fourth-order valence-corrected chi connectivity index (χ4v) is 2.25. The van der Waals surface area contributed by atoms with Gasteiger partial charge in [0.25, 0.3) is 0 Å². The standard InChI is InChI=1S/C16H24N2O3/c1-5-18(6-2)16(20)11-17(3)10-14-9-13(12-19)7-8-15(14)21-4/h7-9,12H,5-6,10-11H2,1-4H3. The summed E-state index contributed by atoms with van der Waals surface area (Å²) < 4.78 is 5.30. The number of benzene rings is 1. The minimum Gasteiger partial charge on any atom is -0.496 e. The lowest BCUT2D eigenvalue weighted by Gasteiger charge is -2.23. The molecule has 0 aliphatic heterocycles. The van der Waals surface area contributed by atoms with Crippen LogP contribution >= 0.6 is 0 Å². The van der Waals surface area contributed by atoms with E-state index in [0.29, 0.717) is 31.7 Å². The van der Waals surface area contributed by atoms with Gasteiger partial charge >= 0.3 is 0 Å². The molecule has 1 aromatic carbocycles. The summed E-state index contributed by atoms with van der Waals surface area (Å²) >= 11 is 0. The second-order valence-corrected chi connectivity index (χ2v) is 4.93. The number of carbonyl (C=O) groups is 2. The predicted octanol–water partition coefficient (Wildman–Crippen LogP) is 1.81. The SMILES string of the molecule is CCN(CC)C(=O)CN(C)Cc1cc(C=O)ccc1OC. The van der Waals surface area contributed by atoms with Crippen LogP contribution in [0.3, 0.4) is 0 Å². The number of ether oxygens (including phenoxy) is 1. The van der Waals surface area contributed by atoms with Crippen molar-refractivity contribution in [2.75, 3.05) is 33.8 Å². The van der Waals surface area contributed by atoms with Gasteiger partial charge in [0.2, 0.25) is 5.91 Å². The van der Waals surface area contributed by atoms with Gasteiger partial charge < -0.3 is 9.64 Å². The Kier molecular flexibility index (Phi) is 6.88. The minimum atomic E-state index is 0.105. The molecule has 0 bridgehead atoms. The van der Waals surface area contributed by atoms with Crippen molar-refractivity contribution in [2.45, 2.75) is 20.4 Å². The van der Waals surface area contributed by atoms with Crippen molar-refractivity contribution >= 4 is 12.2 Å². The summed E-state index contributed by atoms with van der Waals surface area (Å²) in [6.45, 7) is 6.27. The van der Waals surface area contributed by atoms with E-state index in [2.05, 4.69) is 0 Å². The van der Waals surface area contributed by atoms with Gasteiger partial charge in [-0.15, -0.1) is 0 Å². The summed E-state index contributed by atoms with van der Waals surface area (Å²) in [5, 5.41) is 0. The molecule has 0 heterocycles. The van der Waals surface area contributed by atoms with E-state index in [4.69, 9.17) is 4.74 Å². The normalized spacial score (nSPS) is 10.5. The third-order valence-electron chi connectivity index (χ3n) is 3.40. The van der Waals surface area contributed by atoms with E-state index in [-0.39, 0.29) is 5.91 Å². The number of likely N-dealkylation sites (N-methyl/N-ethyl adjacent to an activating group) is 2. The van der Waals surface area contributed by atoms with Gasteiger partial charge in [-0.3, -0.25) is 14.5 Å². The van der Waals surface area contributed by atoms with Gasteiger partial charge in [-0.05, 0) is 39.1 Å². The molecule has 21 heavy (non-hydrogen) atoms. The fourth-order valence-electron chi connectivity index (χ4n) is 2.25. The zero-order chi connectivity index (χ0) is 15.8. The van der Waals surface area contributed by atoms with Crippen LogP contribution in [0, 0.1) is 0 Å². The predicted molar refractivity (Wildman–Crippen MR) is 82.6 cm³/mol. The van der Waals surface area contributed by atoms with E-state index in [1.54, 1.807) is 30.2 Å². The molecule has 0 spiro atoms. The number of carbonyl (C=O) groups excluding carboxylic acids is 2. The smallest absolute Gasteiger partial charge is 0.236 e. The van der Waals surface area contributed by atoms with Crippen LogP contribution in [-0.4, -0.2) is 55.8 Å². The molecule has 5 nitrogen and oxygen atoms in total. The van der Waals surface area contributed by atoms with Crippen LogP contribution in [0.2, 0.25) is 0 Å². The summed E-state index contributed by atoms with van der Waals surface area (Å²) in [6.07, 6.45) is 0.810. The number of aldehydes is 1. The molecule has 0 N–H and O–H groups in total. The number of methoxy groups -OCH3 is 1. The third kappa shape index (κ3) is 4.86. The fraction of sp³-hybridized carbons (Fsp3) is 0.500. The van der Waals surface area contributed by atoms with Gasteiger partial charge in [0.15, 0.2) is 0 Å². The van der Waals surface area contributed by atoms with Crippen molar-refractivity contribution in [3.05, 3.63) is 29.3 Å². The Morgan fingerprint density at radius 1 is 1.29 bits per heavy atom. The molecule has 0 saturated carbocycles. The molecule has 5 heteroatoms. The Balaban J connectivity index is 2.76. The highest BCUT2D eigenvalue weighted by atomic mass is 16.5. The molecule has 0 fully saturated rings. The van der Waals surface area contributed by atoms with Crippen molar-refractivity contribution in [2.24, 2.45) is 0 Å². The van der Waals surface area contributed by atoms with Crippen LogP contribution < -0.4 is 4.74 Å². The highest BCUT2D eigenvalue weighted by Gasteiger charge is 2.14. The van der Waals surface area contributed by atoms with Gasteiger partial charge in [-0.2, -0.15) is 0 Å². The maximum atomic E-state index is 12.1. The van der Waals surface area contributed by atoms with Gasteiger partial charge in [0.05, 0.1) is 13.7 Å². The minimum absolute atomic E-state index is 0.105. The number of hydrogen-bond donors (Lipinski definition) is 0. The third-order valence-corrected chi connectivity index (χ3v) is 3.40. The zero-order valence-corrected chi connectivity index (χ0v) is 13.3. The first-order chi connectivity index (χ1) is 10.0. The zero-order valence-electron chi connectivity index (χ0n) is 13.3. The number of amides is 1. The molecular formula is C16H24N2O3. The van der Waals surface area contributed by atoms with E-state index >= 15 is 0 Å². The van der Waals surface area contributed by atoms with E-state index in [9.17, 15) is 9.59 Å². The van der Waals surface area contributed by atoms with Crippen molar-refractivity contribution in [3.63, 3.8) is 0 Å². The Morgan fingerprint density at radius 2 is 1.95 bits per heavy atom. The first-order valence-corrected chi connectivity index (χ1v) is 7.14. The Hall–Kier alpha value is -1.88. The van der Waals surface area contributed by atoms with Gasteiger partial charge in [0.1, 0.15) is 12.0 Å². The van der Waals surface area contributed by atoms with E-state index in [1.165, 1.54) is 0 Å². The molecule has 116 valence electrons. The van der Waals surface area contributed by atoms with Crippen LogP contribution in [0.25, 0.3) is 0 Å². The van der Waals surface area contributed by atoms with Crippen LogP contribution in [0.4, 0.5) is 0 Å². The molecule has 0 aliphatic carbocycles. The highest BCUT2D eigenvalue weighted by Crippen LogP contribution is 2.20. The molecule has 0 atom stereocenters. The number of nitrogens with zero attached hydrogens (tertiary/aromatic N) is 2. The molecule has 0 aromatic heterocycles. The topological polar surface area (TPSA) is 49.9 Å². The highest BCUT2D eigenvalue weighted by molar-refractivity contribution is 5.78. The average Bonchev–Trinajstić information content (AvgIpc) is 2.48. The number of hydrogen-bond acceptors (Lipinski definition) is 4. The average molecular weight is 292 g/mol. The first kappa shape index (κ1) is 17.2. The summed E-state index contributed by atoms with van der Waals surface area (Å²) in [7, 11) is 3.48. The summed E-state index contributed by atoms with van der Waals surface area (Å²) in [5.74, 6) is 0.829. The molecule has 0 aliphatic rings. The van der Waals surface area contributed by atoms with Crippen LogP contribution in [0.15, 0.2) is 18.2 Å². The van der Waals surface area contributed by atoms with Crippen molar-refractivity contribution in [1.29, 1.82) is 0 Å². The first-order valence-electron chi connectivity index (χ1n) is 7.14. The van der Waals surface area contributed by atoms with Crippen molar-refractivity contribution in [1.82, 2.24) is 9.80 Å². The van der Waals surface area contributed by atoms with E-state index in [1.807, 2.05) is 25.8 Å². The lowest BCUT2D eigenvalue weighted by atomic mass is 10.1. The Morgan fingerprint density at radius 3 is 2.48 bits per heavy atom. The largest absolute Gasteiger partial charge is 0.496 e. The second-order valence-electron chi connectivity index (χ2n) is 4.93. The molecule has 1 rings (SSSR count). The van der Waals surface area contributed by atoms with E-state index < -0.39 is 0 Å². The Labute approximate surface area is 126 Å². The molecule has 0 unspecified atom stereocenters. The lowest BCUT2D eigenvalue weighted by molar-refractivity contribution is -0.131. The summed E-state index contributed by atoms with van der Waals surface area (Å²) in [5.41, 5.74) is 1.51. The van der Waals surface area contributed by atoms with Crippen LogP contribution in [-0.2, 0) is 11.3 Å². The quantitative estimate of drug-likeness (QED) is 0.686. The van der Waals surface area contributed by atoms with E-state index in [0.717, 1.165) is 17.6 Å². The van der Waals surface area contributed by atoms with Crippen LogP contribution in [0.5, 0.6) is 5.75 Å². The molecule has 0 radical (unpaired) electrons. The van der Waals surface area contributed by atoms with Gasteiger partial charge in [-0.25, -0.2) is 0 Å². The molecule has 0 saturated heterocycles. The maximum Gasteiger partial charge on any atom is 0.236 e. The molecule has 1 amide bonds. The number of rotatable bonds is 8. The van der Waals surface area contributed by atoms with Gasteiger partial charge in [0, 0.05) is 30.8 Å². The van der Waals surface area contributed by atoms with Crippen molar-refractivity contribution in [3.8, 4) is 5.75 Å². The Bertz CT molecular complexity index is 484. The summed E-state index contributed by atoms with van der Waals surface area (Å²) in [6, 6.07) is 5.29. The lowest BCUT2D eigenvalue weighted by Crippen LogP contribution is -2.38. The monoisotopic (exact) mass is 292 g/mol. The molecule has 1 aromatic rings. The second kappa shape index (κ2) is 8.42. The summed E-state index contributed by atoms with van der Waals surface area (Å²) in [4.78, 5) is 26.7.